The fraction of sp³-hybridized carbons (Fsp3) is 0.600. The van der Waals surface area contributed by atoms with Crippen molar-refractivity contribution in [2.75, 3.05) is 26.2 Å². The average molecular weight is 224 g/mol. The summed E-state index contributed by atoms with van der Waals surface area (Å²) < 4.78 is 1.99. The maximum absolute atomic E-state index is 10.7. The highest BCUT2D eigenvalue weighted by atomic mass is 16.4. The molecular weight excluding hydrogens is 208 g/mol. The predicted octanol–water partition coefficient (Wildman–Crippen LogP) is 0.216. The molecule has 1 aliphatic rings. The number of hydrogen-bond donors (Lipinski definition) is 1. The molecule has 0 unspecified atom stereocenters. The second-order valence-corrected chi connectivity index (χ2v) is 4.00. The summed E-state index contributed by atoms with van der Waals surface area (Å²) in [5.74, 6) is 1.02. The summed E-state index contributed by atoms with van der Waals surface area (Å²) in [4.78, 5) is 18.7. The quantitative estimate of drug-likeness (QED) is 0.780. The van der Waals surface area contributed by atoms with E-state index in [0.717, 1.165) is 25.5 Å². The van der Waals surface area contributed by atoms with Crippen LogP contribution in [0, 0.1) is 0 Å². The minimum absolute atomic E-state index is 0.583. The summed E-state index contributed by atoms with van der Waals surface area (Å²) >= 11 is 0. The first-order chi connectivity index (χ1) is 7.66. The van der Waals surface area contributed by atoms with Gasteiger partial charge in [0, 0.05) is 45.6 Å². The van der Waals surface area contributed by atoms with Crippen molar-refractivity contribution in [1.82, 2.24) is 19.4 Å². The van der Waals surface area contributed by atoms with E-state index in [9.17, 15) is 4.79 Å². The number of imidazole rings is 1. The molecule has 0 aliphatic carbocycles. The van der Waals surface area contributed by atoms with Gasteiger partial charge < -0.3 is 14.6 Å². The van der Waals surface area contributed by atoms with Gasteiger partial charge in [-0.1, -0.05) is 0 Å². The molecule has 0 spiro atoms. The second-order valence-electron chi connectivity index (χ2n) is 4.00. The fourth-order valence-electron chi connectivity index (χ4n) is 1.85. The van der Waals surface area contributed by atoms with Gasteiger partial charge in [0.25, 0.3) is 0 Å². The number of aryl methyl sites for hydroxylation is 1. The van der Waals surface area contributed by atoms with E-state index in [1.807, 2.05) is 17.8 Å². The summed E-state index contributed by atoms with van der Waals surface area (Å²) in [7, 11) is 1.97. The summed E-state index contributed by atoms with van der Waals surface area (Å²) in [5, 5.41) is 8.82. The van der Waals surface area contributed by atoms with E-state index in [4.69, 9.17) is 5.11 Å². The van der Waals surface area contributed by atoms with E-state index < -0.39 is 6.09 Å². The lowest BCUT2D eigenvalue weighted by Gasteiger charge is -2.32. The maximum Gasteiger partial charge on any atom is 0.407 e. The number of nitrogens with zero attached hydrogens (tertiary/aromatic N) is 4. The molecule has 1 amide bonds. The molecule has 0 atom stereocenters. The van der Waals surface area contributed by atoms with Crippen LogP contribution in [0.4, 0.5) is 4.79 Å². The summed E-state index contributed by atoms with van der Waals surface area (Å²) in [5.41, 5.74) is 0. The monoisotopic (exact) mass is 224 g/mol. The third kappa shape index (κ3) is 2.33. The molecule has 88 valence electrons. The third-order valence-electron chi connectivity index (χ3n) is 2.93. The van der Waals surface area contributed by atoms with E-state index >= 15 is 0 Å². The van der Waals surface area contributed by atoms with Crippen LogP contribution in [0.5, 0.6) is 0 Å². The van der Waals surface area contributed by atoms with Gasteiger partial charge in [-0.15, -0.1) is 0 Å². The molecule has 0 bridgehead atoms. The number of amides is 1. The molecule has 6 nitrogen and oxygen atoms in total. The van der Waals surface area contributed by atoms with Crippen molar-refractivity contribution >= 4 is 6.09 Å². The normalized spacial score (nSPS) is 17.7. The Morgan fingerprint density at radius 2 is 2.12 bits per heavy atom. The number of piperazine rings is 1. The zero-order valence-electron chi connectivity index (χ0n) is 9.33. The fourth-order valence-corrected chi connectivity index (χ4v) is 1.85. The van der Waals surface area contributed by atoms with Gasteiger partial charge in [0.2, 0.25) is 0 Å². The summed E-state index contributed by atoms with van der Waals surface area (Å²) in [6, 6.07) is 0. The first-order valence-electron chi connectivity index (χ1n) is 5.33. The smallest absolute Gasteiger partial charge is 0.407 e. The molecule has 0 radical (unpaired) electrons. The maximum atomic E-state index is 10.7. The van der Waals surface area contributed by atoms with Gasteiger partial charge >= 0.3 is 6.09 Å². The molecule has 16 heavy (non-hydrogen) atoms. The number of aromatic nitrogens is 2. The van der Waals surface area contributed by atoms with E-state index in [-0.39, 0.29) is 0 Å². The molecule has 1 aromatic heterocycles. The minimum atomic E-state index is -0.823. The summed E-state index contributed by atoms with van der Waals surface area (Å²) in [6.07, 6.45) is 2.88. The molecule has 1 N–H and O–H groups in total. The molecule has 2 heterocycles. The second kappa shape index (κ2) is 4.52. The zero-order chi connectivity index (χ0) is 11.5. The van der Waals surface area contributed by atoms with Gasteiger partial charge in [0.15, 0.2) is 0 Å². The van der Waals surface area contributed by atoms with Crippen molar-refractivity contribution < 1.29 is 9.90 Å². The van der Waals surface area contributed by atoms with Crippen LogP contribution in [-0.2, 0) is 13.6 Å². The van der Waals surface area contributed by atoms with Crippen LogP contribution in [0.2, 0.25) is 0 Å². The number of carbonyl (C=O) groups is 1. The standard InChI is InChI=1S/C10H16N4O2/c1-12-3-2-11-9(12)8-13-4-6-14(7-5-13)10(15)16/h2-3H,4-8H2,1H3,(H,15,16). The lowest BCUT2D eigenvalue weighted by Crippen LogP contribution is -2.48. The first kappa shape index (κ1) is 10.9. The Balaban J connectivity index is 1.86. The lowest BCUT2D eigenvalue weighted by atomic mass is 10.3. The van der Waals surface area contributed by atoms with E-state index in [1.165, 1.54) is 4.90 Å². The molecule has 1 aliphatic heterocycles. The van der Waals surface area contributed by atoms with Gasteiger partial charge in [-0.2, -0.15) is 0 Å². The van der Waals surface area contributed by atoms with Crippen molar-refractivity contribution in [3.8, 4) is 0 Å². The number of carboxylic acid groups (broad SMARTS) is 1. The van der Waals surface area contributed by atoms with Crippen LogP contribution in [-0.4, -0.2) is 56.7 Å². The third-order valence-corrected chi connectivity index (χ3v) is 2.93. The Morgan fingerprint density at radius 1 is 1.44 bits per heavy atom. The van der Waals surface area contributed by atoms with Gasteiger partial charge in [-0.05, 0) is 0 Å². The lowest BCUT2D eigenvalue weighted by molar-refractivity contribution is 0.101. The molecule has 1 aromatic rings. The van der Waals surface area contributed by atoms with Crippen LogP contribution >= 0.6 is 0 Å². The van der Waals surface area contributed by atoms with Crippen molar-refractivity contribution in [3.05, 3.63) is 18.2 Å². The molecule has 0 aromatic carbocycles. The first-order valence-corrected chi connectivity index (χ1v) is 5.33. The Bertz CT molecular complexity index is 369. The Hall–Kier alpha value is -1.56. The van der Waals surface area contributed by atoms with Gasteiger partial charge in [0.1, 0.15) is 5.82 Å². The average Bonchev–Trinajstić information content (AvgIpc) is 2.65. The Labute approximate surface area is 94.1 Å². The molecule has 0 saturated carbocycles. The van der Waals surface area contributed by atoms with Crippen molar-refractivity contribution in [2.45, 2.75) is 6.54 Å². The highest BCUT2D eigenvalue weighted by Gasteiger charge is 2.20. The largest absolute Gasteiger partial charge is 0.465 e. The Kier molecular flexibility index (Phi) is 3.09. The van der Waals surface area contributed by atoms with E-state index in [0.29, 0.717) is 13.1 Å². The van der Waals surface area contributed by atoms with Crippen molar-refractivity contribution in [3.63, 3.8) is 0 Å². The van der Waals surface area contributed by atoms with Crippen LogP contribution < -0.4 is 0 Å². The van der Waals surface area contributed by atoms with Crippen molar-refractivity contribution in [1.29, 1.82) is 0 Å². The number of rotatable bonds is 2. The van der Waals surface area contributed by atoms with Crippen LogP contribution in [0.3, 0.4) is 0 Å². The van der Waals surface area contributed by atoms with Crippen LogP contribution in [0.15, 0.2) is 12.4 Å². The molecule has 1 saturated heterocycles. The molecule has 6 heteroatoms. The zero-order valence-corrected chi connectivity index (χ0v) is 9.33. The highest BCUT2D eigenvalue weighted by Crippen LogP contribution is 2.06. The van der Waals surface area contributed by atoms with Crippen LogP contribution in [0.1, 0.15) is 5.82 Å². The summed E-state index contributed by atoms with van der Waals surface area (Å²) in [6.45, 7) is 3.51. The Morgan fingerprint density at radius 3 is 2.62 bits per heavy atom. The molecule has 2 rings (SSSR count). The van der Waals surface area contributed by atoms with Gasteiger partial charge in [0.05, 0.1) is 6.54 Å². The van der Waals surface area contributed by atoms with Gasteiger partial charge in [-0.3, -0.25) is 4.90 Å². The van der Waals surface area contributed by atoms with E-state index in [1.54, 1.807) is 6.20 Å². The molecular formula is C10H16N4O2. The van der Waals surface area contributed by atoms with E-state index in [2.05, 4.69) is 9.88 Å². The number of hydrogen-bond acceptors (Lipinski definition) is 3. The topological polar surface area (TPSA) is 61.6 Å². The SMILES string of the molecule is Cn1ccnc1CN1CCN(C(=O)O)CC1. The minimum Gasteiger partial charge on any atom is -0.465 e. The van der Waals surface area contributed by atoms with Gasteiger partial charge in [-0.25, -0.2) is 9.78 Å². The highest BCUT2D eigenvalue weighted by molar-refractivity contribution is 5.65. The molecule has 1 fully saturated rings. The van der Waals surface area contributed by atoms with Crippen molar-refractivity contribution in [2.24, 2.45) is 7.05 Å². The van der Waals surface area contributed by atoms with Crippen LogP contribution in [0.25, 0.3) is 0 Å². The predicted molar refractivity (Wildman–Crippen MR) is 58.1 cm³/mol.